The molecule has 1 aliphatic heterocycles. The van der Waals surface area contributed by atoms with Crippen LogP contribution >= 0.6 is 34.7 Å². The van der Waals surface area contributed by atoms with Crippen LogP contribution in [0.4, 0.5) is 5.69 Å². The van der Waals surface area contributed by atoms with Gasteiger partial charge in [0.25, 0.3) is 5.91 Å². The number of anilines is 1. The first-order valence-electron chi connectivity index (χ1n) is 7.24. The lowest BCUT2D eigenvalue weighted by atomic mass is 10.1. The zero-order chi connectivity index (χ0) is 17.3. The van der Waals surface area contributed by atoms with Crippen LogP contribution in [0.1, 0.15) is 10.4 Å². The zero-order valence-corrected chi connectivity index (χ0v) is 15.2. The maximum Gasteiger partial charge on any atom is 0.263 e. The molecule has 2 amide bonds. The smallest absolute Gasteiger partial charge is 0.263 e. The Morgan fingerprint density at radius 3 is 2.75 bits per heavy atom. The molecule has 5 nitrogen and oxygen atoms in total. The molecule has 1 aliphatic rings. The normalized spacial score (nSPS) is 16.9. The predicted octanol–water partition coefficient (Wildman–Crippen LogP) is 3.27. The Kier molecular flexibility index (Phi) is 5.15. The molecule has 0 saturated heterocycles. The average Bonchev–Trinajstić information content (AvgIpc) is 2.93. The Morgan fingerprint density at radius 1 is 1.38 bits per heavy atom. The number of aryl methyl sites for hydroxylation is 1. The van der Waals surface area contributed by atoms with E-state index in [0.717, 1.165) is 20.3 Å². The number of halogens is 1. The van der Waals surface area contributed by atoms with E-state index in [1.807, 2.05) is 25.1 Å². The number of thioether (sulfide) groups is 1. The molecule has 0 radical (unpaired) electrons. The summed E-state index contributed by atoms with van der Waals surface area (Å²) in [5.74, 6) is -0.751. The minimum absolute atomic E-state index is 0.135. The van der Waals surface area contributed by atoms with Crippen molar-refractivity contribution in [2.45, 2.75) is 22.8 Å². The number of nitrogens with zero attached hydrogens (tertiary/aromatic N) is 1. The average molecular weight is 383 g/mol. The molecule has 2 heterocycles. The second-order valence-electron chi connectivity index (χ2n) is 5.43. The van der Waals surface area contributed by atoms with Crippen LogP contribution < -0.4 is 10.4 Å². The van der Waals surface area contributed by atoms with Crippen molar-refractivity contribution in [1.82, 2.24) is 5.48 Å². The number of nitrogens with one attached hydrogen (secondary N) is 1. The molecular weight excluding hydrogens is 368 g/mol. The van der Waals surface area contributed by atoms with Gasteiger partial charge in [0.15, 0.2) is 0 Å². The third kappa shape index (κ3) is 3.59. The fourth-order valence-electron chi connectivity index (χ4n) is 2.53. The number of carbonyl (C=O) groups is 2. The van der Waals surface area contributed by atoms with Crippen molar-refractivity contribution in [3.8, 4) is 0 Å². The van der Waals surface area contributed by atoms with Gasteiger partial charge < -0.3 is 0 Å². The molecule has 24 heavy (non-hydrogen) atoms. The second-order valence-corrected chi connectivity index (χ2v) is 8.59. The topological polar surface area (TPSA) is 69.6 Å². The summed E-state index contributed by atoms with van der Waals surface area (Å²) >= 11 is 9.03. The van der Waals surface area contributed by atoms with Gasteiger partial charge in [-0.3, -0.25) is 19.7 Å². The van der Waals surface area contributed by atoms with Crippen molar-refractivity contribution in [2.24, 2.45) is 0 Å². The molecule has 2 aromatic rings. The second kappa shape index (κ2) is 7.14. The van der Waals surface area contributed by atoms with Gasteiger partial charge in [-0.1, -0.05) is 35.5 Å². The predicted molar refractivity (Wildman–Crippen MR) is 96.1 cm³/mol. The lowest BCUT2D eigenvalue weighted by Gasteiger charge is -2.31. The van der Waals surface area contributed by atoms with Crippen LogP contribution in [0, 0.1) is 6.92 Å². The lowest BCUT2D eigenvalue weighted by molar-refractivity contribution is -0.129. The van der Waals surface area contributed by atoms with Gasteiger partial charge in [0.2, 0.25) is 5.91 Å². The summed E-state index contributed by atoms with van der Waals surface area (Å²) in [5.41, 5.74) is 3.34. The van der Waals surface area contributed by atoms with Gasteiger partial charge in [-0.05, 0) is 37.1 Å². The van der Waals surface area contributed by atoms with Crippen molar-refractivity contribution in [3.63, 3.8) is 0 Å². The molecule has 126 valence electrons. The third-order valence-corrected chi connectivity index (χ3v) is 6.35. The summed E-state index contributed by atoms with van der Waals surface area (Å²) < 4.78 is 1.01. The van der Waals surface area contributed by atoms with E-state index < -0.39 is 5.91 Å². The Labute approximate surface area is 152 Å². The van der Waals surface area contributed by atoms with Crippen LogP contribution in [0.15, 0.2) is 34.5 Å². The molecule has 0 bridgehead atoms. The number of thiophene rings is 1. The van der Waals surface area contributed by atoms with Crippen LogP contribution in [0.25, 0.3) is 0 Å². The SMILES string of the molecule is Cc1cc2c(s1)SC(Cc1ccc(Cl)cc1)C(=O)N2CC(=O)NO. The highest BCUT2D eigenvalue weighted by atomic mass is 35.5. The fraction of sp³-hybridized carbons (Fsp3) is 0.250. The van der Waals surface area contributed by atoms with Crippen LogP contribution in [0.5, 0.6) is 0 Å². The molecule has 8 heteroatoms. The van der Waals surface area contributed by atoms with Crippen molar-refractivity contribution < 1.29 is 14.8 Å². The van der Waals surface area contributed by atoms with Crippen LogP contribution in [-0.2, 0) is 16.0 Å². The molecule has 1 unspecified atom stereocenters. The summed E-state index contributed by atoms with van der Waals surface area (Å²) in [6.07, 6.45) is 0.550. The van der Waals surface area contributed by atoms with Crippen LogP contribution in [-0.4, -0.2) is 28.8 Å². The summed E-state index contributed by atoms with van der Waals surface area (Å²) in [6.45, 7) is 1.77. The van der Waals surface area contributed by atoms with E-state index in [2.05, 4.69) is 0 Å². The number of fused-ring (bicyclic) bond motifs is 1. The Morgan fingerprint density at radius 2 is 2.08 bits per heavy atom. The van der Waals surface area contributed by atoms with E-state index >= 15 is 0 Å². The van der Waals surface area contributed by atoms with Crippen LogP contribution in [0.2, 0.25) is 5.02 Å². The van der Waals surface area contributed by atoms with Crippen molar-refractivity contribution >= 4 is 52.2 Å². The maximum absolute atomic E-state index is 12.8. The van der Waals surface area contributed by atoms with Gasteiger partial charge in [0, 0.05) is 9.90 Å². The largest absolute Gasteiger partial charge is 0.300 e. The first-order valence-corrected chi connectivity index (χ1v) is 9.31. The Balaban J connectivity index is 1.87. The number of hydrogen-bond acceptors (Lipinski definition) is 5. The monoisotopic (exact) mass is 382 g/mol. The van der Waals surface area contributed by atoms with E-state index in [-0.39, 0.29) is 17.7 Å². The Hall–Kier alpha value is -1.54. The van der Waals surface area contributed by atoms with Crippen molar-refractivity contribution in [3.05, 3.63) is 45.8 Å². The molecule has 1 aromatic carbocycles. The summed E-state index contributed by atoms with van der Waals surface area (Å²) in [7, 11) is 0. The van der Waals surface area contributed by atoms with Crippen LogP contribution in [0.3, 0.4) is 0 Å². The van der Waals surface area contributed by atoms with E-state index in [4.69, 9.17) is 16.8 Å². The van der Waals surface area contributed by atoms with Gasteiger partial charge in [-0.25, -0.2) is 5.48 Å². The minimum Gasteiger partial charge on any atom is -0.300 e. The summed E-state index contributed by atoms with van der Waals surface area (Å²) in [6, 6.07) is 9.29. The quantitative estimate of drug-likeness (QED) is 0.629. The van der Waals surface area contributed by atoms with Gasteiger partial charge in [0.1, 0.15) is 6.54 Å². The highest BCUT2D eigenvalue weighted by Gasteiger charge is 2.36. The zero-order valence-electron chi connectivity index (χ0n) is 12.8. The number of amides is 2. The standard InChI is InChI=1S/C16H15ClN2O3S2/c1-9-6-12-16(23-9)24-13(7-10-2-4-11(17)5-3-10)15(21)19(12)8-14(20)18-22/h2-6,13,22H,7-8H2,1H3,(H,18,20). The fourth-order valence-corrected chi connectivity index (χ4v) is 5.38. The number of rotatable bonds is 4. The molecule has 1 aromatic heterocycles. The summed E-state index contributed by atoms with van der Waals surface area (Å²) in [4.78, 5) is 26.9. The van der Waals surface area contributed by atoms with E-state index in [0.29, 0.717) is 11.4 Å². The number of carbonyl (C=O) groups excluding carboxylic acids is 2. The first kappa shape index (κ1) is 17.3. The highest BCUT2D eigenvalue weighted by Crippen LogP contribution is 2.45. The molecule has 1 atom stereocenters. The molecule has 0 spiro atoms. The number of hydrogen-bond donors (Lipinski definition) is 2. The summed E-state index contributed by atoms with van der Waals surface area (Å²) in [5, 5.41) is 9.11. The Bertz CT molecular complexity index is 776. The van der Waals surface area contributed by atoms with E-state index in [1.165, 1.54) is 16.7 Å². The highest BCUT2D eigenvalue weighted by molar-refractivity contribution is 8.02. The van der Waals surface area contributed by atoms with E-state index in [9.17, 15) is 9.59 Å². The van der Waals surface area contributed by atoms with Crippen molar-refractivity contribution in [2.75, 3.05) is 11.4 Å². The molecule has 3 rings (SSSR count). The lowest BCUT2D eigenvalue weighted by Crippen LogP contribution is -2.46. The molecular formula is C16H15ClN2O3S2. The molecule has 0 fully saturated rings. The number of hydroxylamine groups is 1. The van der Waals surface area contributed by atoms with Gasteiger partial charge in [-0.2, -0.15) is 0 Å². The molecule has 2 N–H and O–H groups in total. The van der Waals surface area contributed by atoms with E-state index in [1.54, 1.807) is 28.9 Å². The minimum atomic E-state index is -0.615. The third-order valence-electron chi connectivity index (χ3n) is 3.65. The van der Waals surface area contributed by atoms with Gasteiger partial charge in [-0.15, -0.1) is 11.3 Å². The van der Waals surface area contributed by atoms with Gasteiger partial charge >= 0.3 is 0 Å². The first-order chi connectivity index (χ1) is 11.5. The van der Waals surface area contributed by atoms with Gasteiger partial charge in [0.05, 0.1) is 15.1 Å². The molecule has 0 saturated carbocycles. The van der Waals surface area contributed by atoms with Crippen molar-refractivity contribution in [1.29, 1.82) is 0 Å². The maximum atomic E-state index is 12.8. The number of benzene rings is 1. The molecule has 0 aliphatic carbocycles.